The molecule has 0 radical (unpaired) electrons. The maximum atomic E-state index is 11.0. The van der Waals surface area contributed by atoms with Crippen LogP contribution in [0.25, 0.3) is 0 Å². The first kappa shape index (κ1) is 13.8. The number of carbonyl (C=O) groups excluding carboxylic acids is 1. The predicted molar refractivity (Wildman–Crippen MR) is 58.3 cm³/mol. The van der Waals surface area contributed by atoms with Crippen molar-refractivity contribution in [3.63, 3.8) is 0 Å². The second kappa shape index (κ2) is 6.29. The summed E-state index contributed by atoms with van der Waals surface area (Å²) in [5, 5.41) is 0. The van der Waals surface area contributed by atoms with Crippen molar-refractivity contribution in [2.45, 2.75) is 20.0 Å². The van der Waals surface area contributed by atoms with Crippen molar-refractivity contribution >= 4 is 27.6 Å². The maximum absolute atomic E-state index is 11.0. The van der Waals surface area contributed by atoms with E-state index in [1.807, 2.05) is 0 Å². The first-order chi connectivity index (χ1) is 6.31. The molecule has 0 atom stereocenters. The van der Waals surface area contributed by atoms with Gasteiger partial charge in [-0.2, -0.15) is 0 Å². The third kappa shape index (κ3) is 9.85. The summed E-state index contributed by atoms with van der Waals surface area (Å²) in [5.41, 5.74) is 0. The summed E-state index contributed by atoms with van der Waals surface area (Å²) in [7, 11) is -2.92. The van der Waals surface area contributed by atoms with Crippen LogP contribution in [0.2, 0.25) is 0 Å². The van der Waals surface area contributed by atoms with Gasteiger partial charge in [0.15, 0.2) is 0 Å². The summed E-state index contributed by atoms with van der Waals surface area (Å²) in [6.45, 7) is 3.55. The zero-order chi connectivity index (χ0) is 11.2. The normalized spacial score (nSPS) is 11.7. The van der Waals surface area contributed by atoms with Crippen molar-refractivity contribution in [1.29, 1.82) is 0 Å². The number of carbonyl (C=O) groups is 1. The smallest absolute Gasteiger partial charge is 0.316 e. The van der Waals surface area contributed by atoms with Crippen molar-refractivity contribution in [2.75, 3.05) is 23.5 Å². The molecule has 0 aliphatic rings. The Labute approximate surface area is 89.3 Å². The Morgan fingerprint density at radius 1 is 1.43 bits per heavy atom. The van der Waals surface area contributed by atoms with Gasteiger partial charge < -0.3 is 4.74 Å². The molecule has 6 heteroatoms. The number of ether oxygens (including phenoxy) is 1. The minimum absolute atomic E-state index is 0.104. The van der Waals surface area contributed by atoms with E-state index in [1.54, 1.807) is 13.8 Å². The quantitative estimate of drug-likeness (QED) is 0.505. The lowest BCUT2D eigenvalue weighted by Crippen LogP contribution is -2.14. The number of esters is 1. The van der Waals surface area contributed by atoms with E-state index in [9.17, 15) is 13.2 Å². The minimum atomic E-state index is -2.92. The van der Waals surface area contributed by atoms with E-state index >= 15 is 0 Å². The van der Waals surface area contributed by atoms with Gasteiger partial charge in [0.05, 0.1) is 17.6 Å². The van der Waals surface area contributed by atoms with Crippen LogP contribution in [0.5, 0.6) is 0 Å². The van der Waals surface area contributed by atoms with Gasteiger partial charge in [-0.3, -0.25) is 4.79 Å². The van der Waals surface area contributed by atoms with E-state index < -0.39 is 9.84 Å². The van der Waals surface area contributed by atoms with Crippen LogP contribution in [0, 0.1) is 0 Å². The molecule has 0 rings (SSSR count). The lowest BCUT2D eigenvalue weighted by molar-refractivity contribution is -0.144. The van der Waals surface area contributed by atoms with Crippen molar-refractivity contribution < 1.29 is 17.9 Å². The topological polar surface area (TPSA) is 60.4 Å². The molecule has 0 heterocycles. The fourth-order valence-electron chi connectivity index (χ4n) is 0.663. The van der Waals surface area contributed by atoms with Crippen LogP contribution in [0.1, 0.15) is 13.8 Å². The van der Waals surface area contributed by atoms with Gasteiger partial charge in [-0.15, -0.1) is 11.8 Å². The van der Waals surface area contributed by atoms with Crippen LogP contribution >= 0.6 is 11.8 Å². The molecule has 84 valence electrons. The van der Waals surface area contributed by atoms with Gasteiger partial charge in [-0.25, -0.2) is 8.42 Å². The molecular formula is C8H16O4S2. The Balaban J connectivity index is 3.51. The largest absolute Gasteiger partial charge is 0.462 e. The van der Waals surface area contributed by atoms with Gasteiger partial charge in [0.2, 0.25) is 0 Å². The molecule has 0 spiro atoms. The second-order valence-electron chi connectivity index (χ2n) is 3.22. The predicted octanol–water partition coefficient (Wildman–Crippen LogP) is 0.716. The van der Waals surface area contributed by atoms with E-state index in [0.29, 0.717) is 5.75 Å². The van der Waals surface area contributed by atoms with Crippen LogP contribution in [-0.2, 0) is 19.4 Å². The lowest BCUT2D eigenvalue weighted by atomic mass is 10.5. The number of hydrogen-bond acceptors (Lipinski definition) is 5. The SMILES string of the molecule is CC(C)OC(=O)CSCCS(C)(=O)=O. The van der Waals surface area contributed by atoms with E-state index in [1.165, 1.54) is 18.0 Å². The highest BCUT2D eigenvalue weighted by molar-refractivity contribution is 8.01. The van der Waals surface area contributed by atoms with Gasteiger partial charge >= 0.3 is 5.97 Å². The fraction of sp³-hybridized carbons (Fsp3) is 0.875. The van der Waals surface area contributed by atoms with Gasteiger partial charge in [0.25, 0.3) is 0 Å². The molecule has 0 aromatic carbocycles. The van der Waals surface area contributed by atoms with E-state index in [4.69, 9.17) is 4.74 Å². The minimum Gasteiger partial charge on any atom is -0.462 e. The molecule has 0 aliphatic heterocycles. The van der Waals surface area contributed by atoms with Crippen LogP contribution in [0.3, 0.4) is 0 Å². The molecule has 0 N–H and O–H groups in total. The summed E-state index contributed by atoms with van der Waals surface area (Å²) in [4.78, 5) is 11.0. The maximum Gasteiger partial charge on any atom is 0.316 e. The third-order valence-electron chi connectivity index (χ3n) is 1.19. The van der Waals surface area contributed by atoms with Crippen LogP contribution in [-0.4, -0.2) is 44.0 Å². The van der Waals surface area contributed by atoms with Crippen LogP contribution in [0.4, 0.5) is 0 Å². The monoisotopic (exact) mass is 240 g/mol. The molecule has 0 aliphatic carbocycles. The third-order valence-corrected chi connectivity index (χ3v) is 3.32. The Kier molecular flexibility index (Phi) is 6.19. The molecule has 0 aromatic heterocycles. The Morgan fingerprint density at radius 2 is 2.00 bits per heavy atom. The van der Waals surface area contributed by atoms with E-state index in [-0.39, 0.29) is 23.6 Å². The Bertz CT molecular complexity index is 269. The zero-order valence-corrected chi connectivity index (χ0v) is 10.3. The van der Waals surface area contributed by atoms with Gasteiger partial charge in [-0.1, -0.05) is 0 Å². The molecule has 0 bridgehead atoms. The van der Waals surface area contributed by atoms with Gasteiger partial charge in [0.1, 0.15) is 9.84 Å². The molecule has 14 heavy (non-hydrogen) atoms. The fourth-order valence-corrected chi connectivity index (χ4v) is 2.72. The summed E-state index contributed by atoms with van der Waals surface area (Å²) < 4.78 is 26.3. The lowest BCUT2D eigenvalue weighted by Gasteiger charge is -2.06. The number of thioether (sulfide) groups is 1. The average molecular weight is 240 g/mol. The molecule has 0 saturated heterocycles. The standard InChI is InChI=1S/C8H16O4S2/c1-7(2)12-8(9)6-13-4-5-14(3,10)11/h7H,4-6H2,1-3H3. The van der Waals surface area contributed by atoms with Crippen molar-refractivity contribution in [2.24, 2.45) is 0 Å². The van der Waals surface area contributed by atoms with E-state index in [2.05, 4.69) is 0 Å². The average Bonchev–Trinajstić information content (AvgIpc) is 1.95. The number of hydrogen-bond donors (Lipinski definition) is 0. The number of sulfone groups is 1. The molecule has 0 amide bonds. The molecule has 0 saturated carbocycles. The Morgan fingerprint density at radius 3 is 2.43 bits per heavy atom. The molecular weight excluding hydrogens is 224 g/mol. The zero-order valence-electron chi connectivity index (χ0n) is 8.65. The van der Waals surface area contributed by atoms with Crippen LogP contribution in [0.15, 0.2) is 0 Å². The van der Waals surface area contributed by atoms with Crippen molar-refractivity contribution in [1.82, 2.24) is 0 Å². The molecule has 4 nitrogen and oxygen atoms in total. The highest BCUT2D eigenvalue weighted by Crippen LogP contribution is 2.03. The summed E-state index contributed by atoms with van der Waals surface area (Å²) >= 11 is 1.28. The van der Waals surface area contributed by atoms with E-state index in [0.717, 1.165) is 0 Å². The molecule has 0 unspecified atom stereocenters. The van der Waals surface area contributed by atoms with Crippen molar-refractivity contribution in [3.8, 4) is 0 Å². The first-order valence-electron chi connectivity index (χ1n) is 4.26. The number of rotatable bonds is 6. The molecule has 0 fully saturated rings. The summed E-state index contributed by atoms with van der Waals surface area (Å²) in [5.74, 6) is 0.463. The molecule has 0 aromatic rings. The second-order valence-corrected chi connectivity index (χ2v) is 6.59. The van der Waals surface area contributed by atoms with Crippen molar-refractivity contribution in [3.05, 3.63) is 0 Å². The van der Waals surface area contributed by atoms with Gasteiger partial charge in [0, 0.05) is 12.0 Å². The van der Waals surface area contributed by atoms with Gasteiger partial charge in [-0.05, 0) is 13.8 Å². The van der Waals surface area contributed by atoms with Crippen LogP contribution < -0.4 is 0 Å². The highest BCUT2D eigenvalue weighted by Gasteiger charge is 2.07. The Hall–Kier alpha value is -0.230. The summed E-state index contributed by atoms with van der Waals surface area (Å²) in [6.07, 6.45) is 1.07. The highest BCUT2D eigenvalue weighted by atomic mass is 32.2. The summed E-state index contributed by atoms with van der Waals surface area (Å²) in [6, 6.07) is 0. The first-order valence-corrected chi connectivity index (χ1v) is 7.48.